The Bertz CT molecular complexity index is 1230. The minimum atomic E-state index is -3.75. The smallest absolute Gasteiger partial charge is 0.243 e. The number of nitrogens with zero attached hydrogens (tertiary/aromatic N) is 4. The molecule has 0 bridgehead atoms. The van der Waals surface area contributed by atoms with Gasteiger partial charge in [-0.15, -0.1) is 6.42 Å². The van der Waals surface area contributed by atoms with E-state index in [1.165, 1.54) is 11.9 Å². The molecule has 0 spiro atoms. The zero-order valence-electron chi connectivity index (χ0n) is 19.1. The van der Waals surface area contributed by atoms with Crippen molar-refractivity contribution in [3.8, 4) is 24.3 Å². The summed E-state index contributed by atoms with van der Waals surface area (Å²) in [7, 11) is -1.76. The molecule has 1 fully saturated rings. The van der Waals surface area contributed by atoms with Gasteiger partial charge >= 0.3 is 0 Å². The van der Waals surface area contributed by atoms with Gasteiger partial charge in [0.1, 0.15) is 10.7 Å². The fourth-order valence-corrected chi connectivity index (χ4v) is 5.39. The van der Waals surface area contributed by atoms with E-state index in [1.807, 2.05) is 13.2 Å². The van der Waals surface area contributed by atoms with Crippen molar-refractivity contribution >= 4 is 21.7 Å². The number of sulfonamides is 1. The Hall–Kier alpha value is -3.27. The summed E-state index contributed by atoms with van der Waals surface area (Å²) in [5, 5.41) is 3.21. The number of hydrogen-bond donors (Lipinski definition) is 2. The van der Waals surface area contributed by atoms with E-state index in [0.717, 1.165) is 49.6 Å². The predicted molar refractivity (Wildman–Crippen MR) is 130 cm³/mol. The second-order valence-electron chi connectivity index (χ2n) is 8.83. The number of likely N-dealkylation sites (N-methyl/N-ethyl adjacent to an activating group) is 1. The molecule has 0 radical (unpaired) electrons. The number of nitrogens with one attached hydrogen (secondary N) is 2. The van der Waals surface area contributed by atoms with E-state index in [0.29, 0.717) is 0 Å². The largest absolute Gasteiger partial charge is 0.372 e. The first kappa shape index (κ1) is 22.9. The van der Waals surface area contributed by atoms with Crippen LogP contribution in [0.3, 0.4) is 0 Å². The van der Waals surface area contributed by atoms with Crippen LogP contribution in [0.15, 0.2) is 51.8 Å². The molecule has 1 atom stereocenters. The Morgan fingerprint density at radius 3 is 2.94 bits per heavy atom. The van der Waals surface area contributed by atoms with Crippen molar-refractivity contribution in [2.24, 2.45) is 4.99 Å². The predicted octanol–water partition coefficient (Wildman–Crippen LogP) is 1.81. The van der Waals surface area contributed by atoms with Crippen molar-refractivity contribution in [2.45, 2.75) is 49.6 Å². The number of fused-ring (bicyclic) bond motifs is 1. The summed E-state index contributed by atoms with van der Waals surface area (Å²) in [6, 6.07) is 6.39. The van der Waals surface area contributed by atoms with Crippen molar-refractivity contribution in [1.29, 1.82) is 0 Å². The molecule has 4 rings (SSSR count). The van der Waals surface area contributed by atoms with Crippen molar-refractivity contribution in [3.05, 3.63) is 41.9 Å². The molecule has 8 nitrogen and oxygen atoms in total. The third-order valence-electron chi connectivity index (χ3n) is 6.00. The summed E-state index contributed by atoms with van der Waals surface area (Å²) >= 11 is 0. The molecule has 0 saturated carbocycles. The van der Waals surface area contributed by atoms with Crippen LogP contribution in [-0.4, -0.2) is 55.9 Å². The fourth-order valence-electron chi connectivity index (χ4n) is 4.11. The van der Waals surface area contributed by atoms with Crippen molar-refractivity contribution in [2.75, 3.05) is 25.0 Å². The number of pyridine rings is 1. The molecule has 9 heteroatoms. The van der Waals surface area contributed by atoms with E-state index in [1.54, 1.807) is 26.0 Å². The molecule has 1 aromatic rings. The average molecular weight is 465 g/mol. The number of anilines is 1. The highest BCUT2D eigenvalue weighted by Gasteiger charge is 2.31. The van der Waals surface area contributed by atoms with Gasteiger partial charge in [-0.25, -0.2) is 13.4 Å². The molecule has 1 aromatic heterocycles. The summed E-state index contributed by atoms with van der Waals surface area (Å²) in [4.78, 5) is 13.3. The molecule has 3 aliphatic rings. The lowest BCUT2D eigenvalue weighted by atomic mass is 10.1. The number of aromatic nitrogens is 1. The standard InChI is InChI=1S/C24H28N6O2S/c1-5-24(2,3)28-33(31,32)19-9-10-22(27-16-19)29(4)18-12-15-30(17-18)21-8-6-7-13-25-23-20(21)11-14-26-23/h1,7,9-10,13,16,18,28H,6,8,12,15,17H2,2-4H3,(H,25,26)/t18-/m1/s1. The highest BCUT2D eigenvalue weighted by atomic mass is 32.2. The Morgan fingerprint density at radius 2 is 2.21 bits per heavy atom. The van der Waals surface area contributed by atoms with E-state index < -0.39 is 15.6 Å². The monoisotopic (exact) mass is 464 g/mol. The first-order chi connectivity index (χ1) is 15.7. The van der Waals surface area contributed by atoms with Gasteiger partial charge in [0, 0.05) is 44.1 Å². The molecule has 1 saturated heterocycles. The van der Waals surface area contributed by atoms with Crippen LogP contribution in [0.5, 0.6) is 0 Å². The number of likely N-dealkylation sites (tertiary alicyclic amines) is 1. The molecule has 33 heavy (non-hydrogen) atoms. The molecule has 0 aliphatic carbocycles. The van der Waals surface area contributed by atoms with Crippen LogP contribution in [-0.2, 0) is 10.0 Å². The van der Waals surface area contributed by atoms with E-state index in [-0.39, 0.29) is 10.9 Å². The molecule has 0 amide bonds. The molecule has 4 heterocycles. The normalized spacial score (nSPS) is 20.1. The summed E-state index contributed by atoms with van der Waals surface area (Å²) in [5.74, 6) is 7.10. The second kappa shape index (κ2) is 8.93. The number of terminal acetylenes is 1. The molecule has 0 aromatic carbocycles. The van der Waals surface area contributed by atoms with E-state index >= 15 is 0 Å². The Kier molecular flexibility index (Phi) is 6.20. The SMILES string of the molecule is C#CC(C)(C)NS(=O)(=O)c1ccc(N(C)[C@@H]2CCN(C3=C4C#CN=C4NC=CCC3)C2)nc1. The molecule has 2 N–H and O–H groups in total. The quantitative estimate of drug-likeness (QED) is 0.624. The highest BCUT2D eigenvalue weighted by molar-refractivity contribution is 7.89. The molecular formula is C24H28N6O2S. The topological polar surface area (TPSA) is 89.9 Å². The van der Waals surface area contributed by atoms with Gasteiger partial charge in [0.15, 0.2) is 5.84 Å². The van der Waals surface area contributed by atoms with Gasteiger partial charge in [-0.05, 0) is 57.4 Å². The van der Waals surface area contributed by atoms with Gasteiger partial charge in [-0.2, -0.15) is 9.71 Å². The molecule has 172 valence electrons. The fraction of sp³-hybridized carbons (Fsp3) is 0.417. The van der Waals surface area contributed by atoms with Crippen LogP contribution in [0.25, 0.3) is 0 Å². The lowest BCUT2D eigenvalue weighted by Crippen LogP contribution is -2.42. The third kappa shape index (κ3) is 4.90. The Balaban J connectivity index is 1.46. The van der Waals surface area contributed by atoms with E-state index in [4.69, 9.17) is 6.42 Å². The average Bonchev–Trinajstić information content (AvgIpc) is 3.43. The van der Waals surface area contributed by atoms with Crippen LogP contribution in [0.1, 0.15) is 33.1 Å². The Morgan fingerprint density at radius 1 is 1.39 bits per heavy atom. The van der Waals surface area contributed by atoms with Gasteiger partial charge in [-0.3, -0.25) is 0 Å². The molecular weight excluding hydrogens is 436 g/mol. The van der Waals surface area contributed by atoms with Crippen LogP contribution < -0.4 is 14.9 Å². The summed E-state index contributed by atoms with van der Waals surface area (Å²) in [6.07, 6.45) is 13.6. The lowest BCUT2D eigenvalue weighted by Gasteiger charge is -2.28. The summed E-state index contributed by atoms with van der Waals surface area (Å²) in [6.45, 7) is 5.03. The first-order valence-corrected chi connectivity index (χ1v) is 12.4. The maximum atomic E-state index is 12.6. The minimum Gasteiger partial charge on any atom is -0.372 e. The van der Waals surface area contributed by atoms with Crippen LogP contribution in [0.4, 0.5) is 5.82 Å². The van der Waals surface area contributed by atoms with Gasteiger partial charge < -0.3 is 15.1 Å². The second-order valence-corrected chi connectivity index (χ2v) is 10.5. The first-order valence-electron chi connectivity index (χ1n) is 10.9. The summed E-state index contributed by atoms with van der Waals surface area (Å²) in [5.41, 5.74) is 1.23. The van der Waals surface area contributed by atoms with Crippen molar-refractivity contribution in [3.63, 3.8) is 0 Å². The van der Waals surface area contributed by atoms with Crippen LogP contribution in [0.2, 0.25) is 0 Å². The van der Waals surface area contributed by atoms with Crippen LogP contribution in [0, 0.1) is 24.3 Å². The third-order valence-corrected chi connectivity index (χ3v) is 7.64. The van der Waals surface area contributed by atoms with Crippen LogP contribution >= 0.6 is 0 Å². The number of allylic oxidation sites excluding steroid dienone is 2. The maximum absolute atomic E-state index is 12.6. The van der Waals surface area contributed by atoms with E-state index in [2.05, 4.69) is 53.8 Å². The number of amidine groups is 1. The van der Waals surface area contributed by atoms with Gasteiger partial charge in [0.05, 0.1) is 11.1 Å². The summed E-state index contributed by atoms with van der Waals surface area (Å²) < 4.78 is 27.7. The minimum absolute atomic E-state index is 0.0877. The van der Waals surface area contributed by atoms with Crippen molar-refractivity contribution < 1.29 is 8.42 Å². The Labute approximate surface area is 195 Å². The molecule has 3 aliphatic heterocycles. The maximum Gasteiger partial charge on any atom is 0.243 e. The molecule has 0 unspecified atom stereocenters. The van der Waals surface area contributed by atoms with Gasteiger partial charge in [0.2, 0.25) is 10.0 Å². The number of hydrogen-bond acceptors (Lipinski definition) is 7. The zero-order valence-corrected chi connectivity index (χ0v) is 19.9. The highest BCUT2D eigenvalue weighted by Crippen LogP contribution is 2.28. The van der Waals surface area contributed by atoms with E-state index in [9.17, 15) is 8.42 Å². The number of aliphatic imine (C=N–C) groups is 1. The van der Waals surface area contributed by atoms with Crippen molar-refractivity contribution in [1.82, 2.24) is 19.9 Å². The zero-order chi connectivity index (χ0) is 23.6. The van der Waals surface area contributed by atoms with Gasteiger partial charge in [0.25, 0.3) is 0 Å². The number of rotatable bonds is 6. The lowest BCUT2D eigenvalue weighted by molar-refractivity contribution is 0.400. The van der Waals surface area contributed by atoms with Gasteiger partial charge in [-0.1, -0.05) is 12.0 Å².